The van der Waals surface area contributed by atoms with Crippen LogP contribution >= 0.6 is 11.8 Å². The van der Waals surface area contributed by atoms with Crippen LogP contribution in [-0.4, -0.2) is 36.2 Å². The second-order valence-electron chi connectivity index (χ2n) is 3.44. The highest BCUT2D eigenvalue weighted by atomic mass is 32.2. The Morgan fingerprint density at radius 1 is 1.62 bits per heavy atom. The summed E-state index contributed by atoms with van der Waals surface area (Å²) in [6.07, 6.45) is 3.50. The summed E-state index contributed by atoms with van der Waals surface area (Å²) in [5.41, 5.74) is 0. The van der Waals surface area contributed by atoms with E-state index in [0.29, 0.717) is 0 Å². The van der Waals surface area contributed by atoms with Gasteiger partial charge in [0.1, 0.15) is 4.90 Å². The molecule has 0 aliphatic rings. The molecule has 0 aliphatic heterocycles. The fraction of sp³-hybridized carbons (Fsp3) is 0.667. The van der Waals surface area contributed by atoms with Crippen molar-refractivity contribution in [3.8, 4) is 0 Å². The number of rotatable bonds is 7. The van der Waals surface area contributed by atoms with Crippen molar-refractivity contribution in [2.45, 2.75) is 31.2 Å². The molecule has 1 rings (SSSR count). The largest absolute Gasteiger partial charge is 0.284 e. The van der Waals surface area contributed by atoms with Crippen molar-refractivity contribution < 1.29 is 8.42 Å². The predicted molar refractivity (Wildman–Crippen MR) is 66.0 cm³/mol. The molecule has 1 aromatic rings. The van der Waals surface area contributed by atoms with Crippen LogP contribution in [0.4, 0.5) is 0 Å². The normalized spacial score (nSPS) is 13.9. The van der Waals surface area contributed by atoms with E-state index in [-0.39, 0.29) is 10.9 Å². The molecule has 2 N–H and O–H groups in total. The van der Waals surface area contributed by atoms with E-state index in [1.165, 1.54) is 12.4 Å². The smallest absolute Gasteiger partial charge is 0.243 e. The molecule has 5 nitrogen and oxygen atoms in total. The predicted octanol–water partition coefficient (Wildman–Crippen LogP) is 1.22. The minimum atomic E-state index is -3.41. The van der Waals surface area contributed by atoms with Gasteiger partial charge in [0.05, 0.1) is 6.20 Å². The lowest BCUT2D eigenvalue weighted by Crippen LogP contribution is -2.32. The molecule has 0 saturated carbocycles. The Hall–Kier alpha value is -0.530. The average molecular weight is 263 g/mol. The minimum Gasteiger partial charge on any atom is -0.284 e. The van der Waals surface area contributed by atoms with Crippen molar-refractivity contribution >= 4 is 21.8 Å². The molecule has 0 radical (unpaired) electrons. The topological polar surface area (TPSA) is 74.8 Å². The lowest BCUT2D eigenvalue weighted by atomic mass is 10.3. The maximum absolute atomic E-state index is 11.8. The zero-order valence-corrected chi connectivity index (χ0v) is 11.1. The Labute approximate surface area is 100 Å². The van der Waals surface area contributed by atoms with Crippen molar-refractivity contribution in [3.63, 3.8) is 0 Å². The highest BCUT2D eigenvalue weighted by Crippen LogP contribution is 2.09. The van der Waals surface area contributed by atoms with E-state index in [2.05, 4.69) is 21.8 Å². The van der Waals surface area contributed by atoms with Gasteiger partial charge in [0, 0.05) is 12.2 Å². The van der Waals surface area contributed by atoms with Gasteiger partial charge in [0.2, 0.25) is 10.0 Å². The number of aromatic amines is 1. The van der Waals surface area contributed by atoms with Crippen molar-refractivity contribution in [2.24, 2.45) is 0 Å². The van der Waals surface area contributed by atoms with Gasteiger partial charge in [0.15, 0.2) is 0 Å². The molecule has 0 bridgehead atoms. The van der Waals surface area contributed by atoms with Crippen LogP contribution < -0.4 is 4.72 Å². The Kier molecular flexibility index (Phi) is 5.30. The SMILES string of the molecule is CCSCCC(C)NS(=O)(=O)c1cn[nH]c1. The van der Waals surface area contributed by atoms with Crippen LogP contribution in [0.25, 0.3) is 0 Å². The van der Waals surface area contributed by atoms with E-state index >= 15 is 0 Å². The Morgan fingerprint density at radius 3 is 2.94 bits per heavy atom. The van der Waals surface area contributed by atoms with E-state index in [1.54, 1.807) is 11.8 Å². The van der Waals surface area contributed by atoms with Gasteiger partial charge < -0.3 is 0 Å². The molecule has 0 amide bonds. The molecule has 0 aliphatic carbocycles. The highest BCUT2D eigenvalue weighted by Gasteiger charge is 2.17. The zero-order valence-electron chi connectivity index (χ0n) is 9.43. The molecule has 0 aromatic carbocycles. The first-order valence-corrected chi connectivity index (χ1v) is 7.79. The molecule has 92 valence electrons. The standard InChI is InChI=1S/C9H17N3O2S2/c1-3-15-5-4-8(2)12-16(13,14)9-6-10-11-7-9/h6-8,12H,3-5H2,1-2H3,(H,10,11). The fourth-order valence-electron chi connectivity index (χ4n) is 1.18. The second-order valence-corrected chi connectivity index (χ2v) is 6.55. The summed E-state index contributed by atoms with van der Waals surface area (Å²) in [4.78, 5) is 0.183. The Balaban J connectivity index is 2.47. The third kappa shape index (κ3) is 4.15. The van der Waals surface area contributed by atoms with Crippen LogP contribution in [0.3, 0.4) is 0 Å². The van der Waals surface area contributed by atoms with Crippen molar-refractivity contribution in [2.75, 3.05) is 11.5 Å². The third-order valence-electron chi connectivity index (χ3n) is 2.04. The van der Waals surface area contributed by atoms with Crippen LogP contribution in [0, 0.1) is 0 Å². The number of hydrogen-bond donors (Lipinski definition) is 2. The van der Waals surface area contributed by atoms with E-state index in [1.807, 2.05) is 6.92 Å². The summed E-state index contributed by atoms with van der Waals surface area (Å²) in [5, 5.41) is 6.11. The van der Waals surface area contributed by atoms with Gasteiger partial charge in [-0.2, -0.15) is 16.9 Å². The van der Waals surface area contributed by atoms with Crippen LogP contribution in [0.1, 0.15) is 20.3 Å². The summed E-state index contributed by atoms with van der Waals surface area (Å²) in [6.45, 7) is 3.96. The van der Waals surface area contributed by atoms with Crippen molar-refractivity contribution in [1.29, 1.82) is 0 Å². The molecule has 0 fully saturated rings. The second kappa shape index (κ2) is 6.27. The lowest BCUT2D eigenvalue weighted by Gasteiger charge is -2.12. The Bertz CT molecular complexity index is 389. The maximum Gasteiger partial charge on any atom is 0.243 e. The third-order valence-corrected chi connectivity index (χ3v) is 4.53. The van der Waals surface area contributed by atoms with Crippen LogP contribution in [0.15, 0.2) is 17.3 Å². The number of H-pyrrole nitrogens is 1. The molecule has 1 atom stereocenters. The zero-order chi connectivity index (χ0) is 12.0. The first kappa shape index (κ1) is 13.5. The number of aromatic nitrogens is 2. The van der Waals surface area contributed by atoms with Gasteiger partial charge in [-0.3, -0.25) is 5.10 Å². The minimum absolute atomic E-state index is 0.0565. The maximum atomic E-state index is 11.8. The number of sulfonamides is 1. The highest BCUT2D eigenvalue weighted by molar-refractivity contribution is 7.99. The number of hydrogen-bond acceptors (Lipinski definition) is 4. The summed E-state index contributed by atoms with van der Waals surface area (Å²) in [5.74, 6) is 2.02. The number of nitrogens with zero attached hydrogens (tertiary/aromatic N) is 1. The Morgan fingerprint density at radius 2 is 2.38 bits per heavy atom. The summed E-state index contributed by atoms with van der Waals surface area (Å²) < 4.78 is 26.1. The average Bonchev–Trinajstić information content (AvgIpc) is 2.70. The quantitative estimate of drug-likeness (QED) is 0.725. The molecule has 16 heavy (non-hydrogen) atoms. The van der Waals surface area contributed by atoms with Crippen LogP contribution in [-0.2, 0) is 10.0 Å². The van der Waals surface area contributed by atoms with Crippen molar-refractivity contribution in [3.05, 3.63) is 12.4 Å². The summed E-state index contributed by atoms with van der Waals surface area (Å²) >= 11 is 1.81. The molecule has 1 heterocycles. The molecule has 0 saturated heterocycles. The molecule has 7 heteroatoms. The first-order valence-electron chi connectivity index (χ1n) is 5.15. The molecule has 1 aromatic heterocycles. The lowest BCUT2D eigenvalue weighted by molar-refractivity contribution is 0.557. The van der Waals surface area contributed by atoms with E-state index < -0.39 is 10.0 Å². The van der Waals surface area contributed by atoms with Gasteiger partial charge in [-0.25, -0.2) is 13.1 Å². The van der Waals surface area contributed by atoms with Gasteiger partial charge in [-0.15, -0.1) is 0 Å². The summed E-state index contributed by atoms with van der Waals surface area (Å²) in [6, 6.07) is -0.0565. The fourth-order valence-corrected chi connectivity index (χ4v) is 3.17. The number of nitrogens with one attached hydrogen (secondary N) is 2. The number of thioether (sulfide) groups is 1. The van der Waals surface area contributed by atoms with Gasteiger partial charge in [-0.1, -0.05) is 6.92 Å². The van der Waals surface area contributed by atoms with Gasteiger partial charge in [-0.05, 0) is 24.9 Å². The van der Waals surface area contributed by atoms with Gasteiger partial charge >= 0.3 is 0 Å². The summed E-state index contributed by atoms with van der Waals surface area (Å²) in [7, 11) is -3.41. The van der Waals surface area contributed by atoms with E-state index in [9.17, 15) is 8.42 Å². The molecule has 1 unspecified atom stereocenters. The van der Waals surface area contributed by atoms with Crippen LogP contribution in [0.2, 0.25) is 0 Å². The van der Waals surface area contributed by atoms with E-state index in [4.69, 9.17) is 0 Å². The molecular formula is C9H17N3O2S2. The van der Waals surface area contributed by atoms with Crippen molar-refractivity contribution in [1.82, 2.24) is 14.9 Å². The van der Waals surface area contributed by atoms with E-state index in [0.717, 1.165) is 17.9 Å². The molecule has 0 spiro atoms. The van der Waals surface area contributed by atoms with Gasteiger partial charge in [0.25, 0.3) is 0 Å². The first-order chi connectivity index (χ1) is 7.56. The van der Waals surface area contributed by atoms with Crippen LogP contribution in [0.5, 0.6) is 0 Å². The molecular weight excluding hydrogens is 246 g/mol. The monoisotopic (exact) mass is 263 g/mol.